The second kappa shape index (κ2) is 8.06. The number of alkyl halides is 3. The molecule has 2 aliphatic heterocycles. The fourth-order valence-electron chi connectivity index (χ4n) is 3.85. The SMILES string of the molecule is O=C(NCC1(c2cccc(C(F)(F)F)c2)CCOCC1)N1CCC[C@H](O)C1. The summed E-state index contributed by atoms with van der Waals surface area (Å²) in [5.41, 5.74) is -0.709. The minimum Gasteiger partial charge on any atom is -0.391 e. The Morgan fingerprint density at radius 3 is 2.74 bits per heavy atom. The van der Waals surface area contributed by atoms with Gasteiger partial charge in [-0.05, 0) is 37.3 Å². The van der Waals surface area contributed by atoms with Gasteiger partial charge in [0.2, 0.25) is 0 Å². The lowest BCUT2D eigenvalue weighted by molar-refractivity contribution is -0.137. The monoisotopic (exact) mass is 386 g/mol. The summed E-state index contributed by atoms with van der Waals surface area (Å²) in [6.45, 7) is 1.97. The molecule has 0 unspecified atom stereocenters. The van der Waals surface area contributed by atoms with Gasteiger partial charge in [-0.15, -0.1) is 0 Å². The number of piperidine rings is 1. The van der Waals surface area contributed by atoms with Crippen LogP contribution in [0.3, 0.4) is 0 Å². The van der Waals surface area contributed by atoms with Crippen LogP contribution in [0.1, 0.15) is 36.8 Å². The van der Waals surface area contributed by atoms with Crippen LogP contribution in [0.25, 0.3) is 0 Å². The van der Waals surface area contributed by atoms with Gasteiger partial charge in [0, 0.05) is 38.3 Å². The third kappa shape index (κ3) is 4.73. The number of halogens is 3. The summed E-state index contributed by atoms with van der Waals surface area (Å²) in [4.78, 5) is 14.0. The summed E-state index contributed by atoms with van der Waals surface area (Å²) < 4.78 is 44.8. The topological polar surface area (TPSA) is 61.8 Å². The highest BCUT2D eigenvalue weighted by Gasteiger charge is 2.38. The number of ether oxygens (including phenoxy) is 1. The Kier molecular flexibility index (Phi) is 5.95. The number of nitrogens with zero attached hydrogens (tertiary/aromatic N) is 1. The number of hydrogen-bond acceptors (Lipinski definition) is 3. The molecule has 8 heteroatoms. The Hall–Kier alpha value is -1.80. The Bertz CT molecular complexity index is 660. The molecule has 0 bridgehead atoms. The van der Waals surface area contributed by atoms with Crippen LogP contribution in [0.15, 0.2) is 24.3 Å². The average molecular weight is 386 g/mol. The number of benzene rings is 1. The predicted molar refractivity (Wildman–Crippen MR) is 93.4 cm³/mol. The van der Waals surface area contributed by atoms with Crippen LogP contribution in [-0.4, -0.2) is 55.0 Å². The lowest BCUT2D eigenvalue weighted by atomic mass is 9.73. The number of nitrogens with one attached hydrogen (secondary N) is 1. The molecule has 1 aromatic carbocycles. The van der Waals surface area contributed by atoms with E-state index in [0.717, 1.165) is 12.5 Å². The number of amides is 2. The summed E-state index contributed by atoms with van der Waals surface area (Å²) in [5.74, 6) is 0. The van der Waals surface area contributed by atoms with Gasteiger partial charge in [0.05, 0.1) is 11.7 Å². The molecule has 2 fully saturated rings. The normalized spacial score (nSPS) is 23.1. The molecule has 2 aliphatic rings. The Labute approximate surface area is 156 Å². The Morgan fingerprint density at radius 1 is 1.33 bits per heavy atom. The summed E-state index contributed by atoms with van der Waals surface area (Å²) in [5, 5.41) is 12.6. The zero-order valence-electron chi connectivity index (χ0n) is 15.1. The second-order valence-electron chi connectivity index (χ2n) is 7.37. The summed E-state index contributed by atoms with van der Waals surface area (Å²) in [6.07, 6.45) is -2.44. The predicted octanol–water partition coefficient (Wildman–Crippen LogP) is 2.92. The molecule has 1 aromatic rings. The third-order valence-corrected chi connectivity index (χ3v) is 5.51. The van der Waals surface area contributed by atoms with Gasteiger partial charge >= 0.3 is 12.2 Å². The first kappa shape index (κ1) is 19.9. The summed E-state index contributed by atoms with van der Waals surface area (Å²) >= 11 is 0. The van der Waals surface area contributed by atoms with Gasteiger partial charge in [-0.25, -0.2) is 4.79 Å². The van der Waals surface area contributed by atoms with Gasteiger partial charge in [0.25, 0.3) is 0 Å². The van der Waals surface area contributed by atoms with E-state index in [4.69, 9.17) is 4.74 Å². The molecule has 1 atom stereocenters. The zero-order valence-corrected chi connectivity index (χ0v) is 15.1. The van der Waals surface area contributed by atoms with Crippen molar-refractivity contribution in [2.75, 3.05) is 32.8 Å². The van der Waals surface area contributed by atoms with Gasteiger partial charge in [-0.3, -0.25) is 0 Å². The third-order valence-electron chi connectivity index (χ3n) is 5.51. The molecular formula is C19H25F3N2O3. The van der Waals surface area contributed by atoms with E-state index in [0.29, 0.717) is 44.6 Å². The fourth-order valence-corrected chi connectivity index (χ4v) is 3.85. The maximum Gasteiger partial charge on any atom is 0.416 e. The molecule has 0 aromatic heterocycles. The molecule has 2 heterocycles. The zero-order chi connectivity index (χ0) is 19.5. The van der Waals surface area contributed by atoms with Crippen LogP contribution in [-0.2, 0) is 16.3 Å². The molecule has 0 spiro atoms. The number of aliphatic hydroxyl groups excluding tert-OH is 1. The molecule has 150 valence electrons. The highest BCUT2D eigenvalue weighted by Crippen LogP contribution is 2.37. The first-order valence-corrected chi connectivity index (χ1v) is 9.26. The summed E-state index contributed by atoms with van der Waals surface area (Å²) in [6, 6.07) is 5.06. The van der Waals surface area contributed by atoms with Crippen molar-refractivity contribution in [2.24, 2.45) is 0 Å². The van der Waals surface area contributed by atoms with Gasteiger partial charge in [-0.1, -0.05) is 18.2 Å². The van der Waals surface area contributed by atoms with E-state index >= 15 is 0 Å². The van der Waals surface area contributed by atoms with E-state index in [9.17, 15) is 23.1 Å². The van der Waals surface area contributed by atoms with E-state index in [2.05, 4.69) is 5.32 Å². The van der Waals surface area contributed by atoms with Crippen LogP contribution in [0.5, 0.6) is 0 Å². The van der Waals surface area contributed by atoms with Crippen molar-refractivity contribution < 1.29 is 27.8 Å². The van der Waals surface area contributed by atoms with Gasteiger partial charge < -0.3 is 20.1 Å². The highest BCUT2D eigenvalue weighted by atomic mass is 19.4. The molecule has 27 heavy (non-hydrogen) atoms. The smallest absolute Gasteiger partial charge is 0.391 e. The van der Waals surface area contributed by atoms with Gasteiger partial charge in [-0.2, -0.15) is 13.2 Å². The number of rotatable bonds is 3. The van der Waals surface area contributed by atoms with E-state index < -0.39 is 23.3 Å². The number of aliphatic hydroxyl groups is 1. The van der Waals surface area contributed by atoms with Crippen molar-refractivity contribution >= 4 is 6.03 Å². The van der Waals surface area contributed by atoms with E-state index in [1.54, 1.807) is 11.0 Å². The minimum atomic E-state index is -4.41. The first-order valence-electron chi connectivity index (χ1n) is 9.26. The van der Waals surface area contributed by atoms with E-state index in [1.165, 1.54) is 12.1 Å². The van der Waals surface area contributed by atoms with E-state index in [1.807, 2.05) is 0 Å². The average Bonchev–Trinajstić information content (AvgIpc) is 2.66. The highest BCUT2D eigenvalue weighted by molar-refractivity contribution is 5.74. The Balaban J connectivity index is 1.76. The number of carbonyl (C=O) groups excluding carboxylic acids is 1. The Morgan fingerprint density at radius 2 is 2.07 bits per heavy atom. The van der Waals surface area contributed by atoms with Crippen molar-refractivity contribution in [3.63, 3.8) is 0 Å². The van der Waals surface area contributed by atoms with Crippen LogP contribution in [0.2, 0.25) is 0 Å². The molecule has 3 rings (SSSR count). The van der Waals surface area contributed by atoms with Crippen molar-refractivity contribution in [1.29, 1.82) is 0 Å². The minimum absolute atomic E-state index is 0.239. The van der Waals surface area contributed by atoms with Crippen LogP contribution < -0.4 is 5.32 Å². The number of likely N-dealkylation sites (tertiary alicyclic amines) is 1. The standard InChI is InChI=1S/C19H25F3N2O3/c20-19(21,22)15-4-1-3-14(11-15)18(6-9-27-10-7-18)13-23-17(26)24-8-2-5-16(25)12-24/h1,3-4,11,16,25H,2,5-10,12-13H2,(H,23,26)/t16-/m0/s1. The second-order valence-corrected chi connectivity index (χ2v) is 7.37. The van der Waals surface area contributed by atoms with Crippen molar-refractivity contribution in [2.45, 2.75) is 43.4 Å². The molecule has 0 aliphatic carbocycles. The van der Waals surface area contributed by atoms with Crippen molar-refractivity contribution in [3.8, 4) is 0 Å². The number of hydrogen-bond donors (Lipinski definition) is 2. The summed E-state index contributed by atoms with van der Waals surface area (Å²) in [7, 11) is 0. The molecular weight excluding hydrogens is 361 g/mol. The first-order chi connectivity index (χ1) is 12.8. The number of urea groups is 1. The van der Waals surface area contributed by atoms with Crippen molar-refractivity contribution in [1.82, 2.24) is 10.2 Å². The van der Waals surface area contributed by atoms with Gasteiger partial charge in [0.1, 0.15) is 0 Å². The molecule has 2 saturated heterocycles. The van der Waals surface area contributed by atoms with Crippen LogP contribution in [0, 0.1) is 0 Å². The van der Waals surface area contributed by atoms with Crippen LogP contribution >= 0.6 is 0 Å². The fraction of sp³-hybridized carbons (Fsp3) is 0.632. The lowest BCUT2D eigenvalue weighted by Gasteiger charge is -2.39. The van der Waals surface area contributed by atoms with Crippen molar-refractivity contribution in [3.05, 3.63) is 35.4 Å². The quantitative estimate of drug-likeness (QED) is 0.840. The largest absolute Gasteiger partial charge is 0.416 e. The molecule has 2 amide bonds. The number of carbonyl (C=O) groups is 1. The maximum absolute atomic E-state index is 13.1. The van der Waals surface area contributed by atoms with Crippen LogP contribution in [0.4, 0.5) is 18.0 Å². The molecule has 2 N–H and O–H groups in total. The maximum atomic E-state index is 13.1. The molecule has 0 radical (unpaired) electrons. The molecule has 5 nitrogen and oxygen atoms in total. The van der Waals surface area contributed by atoms with E-state index in [-0.39, 0.29) is 19.1 Å². The van der Waals surface area contributed by atoms with Gasteiger partial charge in [0.15, 0.2) is 0 Å². The lowest BCUT2D eigenvalue weighted by Crippen LogP contribution is -2.51. The molecule has 0 saturated carbocycles. The number of β-amino-alcohol motifs (C(OH)–C–C–N with tert-alkyl or cyclic N) is 1.